The average molecular weight is 282 g/mol. The highest BCUT2D eigenvalue weighted by molar-refractivity contribution is 9.10. The van der Waals surface area contributed by atoms with Crippen LogP contribution in [0.3, 0.4) is 0 Å². The molecule has 0 bridgehead atoms. The molecule has 0 saturated heterocycles. The van der Waals surface area contributed by atoms with Gasteiger partial charge in [-0.3, -0.25) is 0 Å². The molecule has 2 aromatic rings. The van der Waals surface area contributed by atoms with E-state index in [0.717, 1.165) is 22.4 Å². The lowest BCUT2D eigenvalue weighted by molar-refractivity contribution is 0.265. The van der Waals surface area contributed by atoms with Crippen molar-refractivity contribution in [1.29, 1.82) is 0 Å². The van der Waals surface area contributed by atoms with E-state index in [9.17, 15) is 0 Å². The number of nitrogens with zero attached hydrogens (tertiary/aromatic N) is 3. The Morgan fingerprint density at radius 1 is 1.38 bits per heavy atom. The summed E-state index contributed by atoms with van der Waals surface area (Å²) in [7, 11) is 0. The van der Waals surface area contributed by atoms with E-state index in [1.165, 1.54) is 0 Å². The van der Waals surface area contributed by atoms with Gasteiger partial charge in [0, 0.05) is 16.6 Å². The van der Waals surface area contributed by atoms with E-state index < -0.39 is 0 Å². The molecular weight excluding hydrogens is 270 g/mol. The minimum Gasteiger partial charge on any atom is -0.388 e. The summed E-state index contributed by atoms with van der Waals surface area (Å²) in [5, 5.41) is 17.2. The number of hydrogen-bond acceptors (Lipinski definition) is 3. The quantitative estimate of drug-likeness (QED) is 0.939. The SMILES string of the molecule is CCn1c(CO)nnc1-c1cccc(Br)c1. The molecule has 1 aromatic heterocycles. The molecule has 0 aliphatic rings. The van der Waals surface area contributed by atoms with Crippen molar-refractivity contribution in [3.8, 4) is 11.4 Å². The highest BCUT2D eigenvalue weighted by atomic mass is 79.9. The molecule has 5 heteroatoms. The van der Waals surface area contributed by atoms with Gasteiger partial charge in [0.2, 0.25) is 0 Å². The highest BCUT2D eigenvalue weighted by Crippen LogP contribution is 2.22. The largest absolute Gasteiger partial charge is 0.388 e. The summed E-state index contributed by atoms with van der Waals surface area (Å²) in [6, 6.07) is 7.87. The zero-order chi connectivity index (χ0) is 11.5. The normalized spacial score (nSPS) is 10.7. The van der Waals surface area contributed by atoms with Crippen LogP contribution in [-0.2, 0) is 13.2 Å². The van der Waals surface area contributed by atoms with Gasteiger partial charge in [0.25, 0.3) is 0 Å². The second kappa shape index (κ2) is 4.76. The van der Waals surface area contributed by atoms with Gasteiger partial charge in [-0.05, 0) is 19.1 Å². The van der Waals surface area contributed by atoms with Gasteiger partial charge < -0.3 is 9.67 Å². The molecule has 0 saturated carbocycles. The molecule has 0 unspecified atom stereocenters. The van der Waals surface area contributed by atoms with Gasteiger partial charge in [-0.15, -0.1) is 10.2 Å². The Bertz CT molecular complexity index is 496. The summed E-state index contributed by atoms with van der Waals surface area (Å²) >= 11 is 3.42. The first-order valence-corrected chi connectivity index (χ1v) is 5.84. The summed E-state index contributed by atoms with van der Waals surface area (Å²) in [6.45, 7) is 2.66. The molecule has 0 fully saturated rings. The van der Waals surface area contributed by atoms with E-state index in [1.54, 1.807) is 0 Å². The van der Waals surface area contributed by atoms with Crippen LogP contribution in [0, 0.1) is 0 Å². The van der Waals surface area contributed by atoms with Crippen LogP contribution in [-0.4, -0.2) is 19.9 Å². The van der Waals surface area contributed by atoms with Crippen molar-refractivity contribution in [3.05, 3.63) is 34.6 Å². The van der Waals surface area contributed by atoms with Crippen LogP contribution in [0.5, 0.6) is 0 Å². The fourth-order valence-electron chi connectivity index (χ4n) is 1.63. The summed E-state index contributed by atoms with van der Waals surface area (Å²) in [4.78, 5) is 0. The monoisotopic (exact) mass is 281 g/mol. The van der Waals surface area contributed by atoms with E-state index in [-0.39, 0.29) is 6.61 Å². The first kappa shape index (κ1) is 11.3. The number of aliphatic hydroxyl groups excluding tert-OH is 1. The van der Waals surface area contributed by atoms with Gasteiger partial charge in [0.05, 0.1) is 0 Å². The first-order valence-electron chi connectivity index (χ1n) is 5.05. The Labute approximate surface area is 102 Å². The van der Waals surface area contributed by atoms with Crippen LogP contribution in [0.25, 0.3) is 11.4 Å². The fourth-order valence-corrected chi connectivity index (χ4v) is 2.02. The third kappa shape index (κ3) is 2.01. The number of benzene rings is 1. The van der Waals surface area contributed by atoms with Crippen molar-refractivity contribution >= 4 is 15.9 Å². The van der Waals surface area contributed by atoms with Gasteiger partial charge in [0.1, 0.15) is 6.61 Å². The molecule has 0 radical (unpaired) electrons. The zero-order valence-corrected chi connectivity index (χ0v) is 10.5. The second-order valence-corrected chi connectivity index (χ2v) is 4.27. The second-order valence-electron chi connectivity index (χ2n) is 3.35. The number of halogens is 1. The van der Waals surface area contributed by atoms with E-state index in [0.29, 0.717) is 5.82 Å². The molecule has 0 aliphatic carbocycles. The highest BCUT2D eigenvalue weighted by Gasteiger charge is 2.11. The molecule has 1 aromatic carbocycles. The smallest absolute Gasteiger partial charge is 0.164 e. The third-order valence-corrected chi connectivity index (χ3v) is 2.86. The van der Waals surface area contributed by atoms with Crippen LogP contribution in [0.15, 0.2) is 28.7 Å². The van der Waals surface area contributed by atoms with Crippen molar-refractivity contribution < 1.29 is 5.11 Å². The molecule has 2 rings (SSSR count). The molecule has 84 valence electrons. The van der Waals surface area contributed by atoms with Gasteiger partial charge >= 0.3 is 0 Å². The van der Waals surface area contributed by atoms with Crippen molar-refractivity contribution in [2.75, 3.05) is 0 Å². The molecule has 4 nitrogen and oxygen atoms in total. The van der Waals surface area contributed by atoms with Crippen LogP contribution < -0.4 is 0 Å². The van der Waals surface area contributed by atoms with Crippen LogP contribution in [0.4, 0.5) is 0 Å². The van der Waals surface area contributed by atoms with Crippen LogP contribution in [0.1, 0.15) is 12.7 Å². The predicted octanol–water partition coefficient (Wildman–Crippen LogP) is 2.22. The maximum atomic E-state index is 9.13. The number of rotatable bonds is 3. The lowest BCUT2D eigenvalue weighted by atomic mass is 10.2. The van der Waals surface area contributed by atoms with Crippen LogP contribution >= 0.6 is 15.9 Å². The van der Waals surface area contributed by atoms with Gasteiger partial charge in [-0.1, -0.05) is 28.1 Å². The Morgan fingerprint density at radius 3 is 2.81 bits per heavy atom. The molecule has 1 heterocycles. The number of aliphatic hydroxyl groups is 1. The molecule has 0 atom stereocenters. The van der Waals surface area contributed by atoms with Gasteiger partial charge in [-0.2, -0.15) is 0 Å². The summed E-state index contributed by atoms with van der Waals surface area (Å²) in [5.41, 5.74) is 0.989. The number of hydrogen-bond donors (Lipinski definition) is 1. The Hall–Kier alpha value is -1.20. The topological polar surface area (TPSA) is 50.9 Å². The molecular formula is C11H12BrN3O. The standard InChI is InChI=1S/C11H12BrN3O/c1-2-15-10(7-16)13-14-11(15)8-4-3-5-9(12)6-8/h3-6,16H,2,7H2,1H3. The van der Waals surface area contributed by atoms with Crippen molar-refractivity contribution in [3.63, 3.8) is 0 Å². The van der Waals surface area contributed by atoms with Gasteiger partial charge in [0.15, 0.2) is 11.6 Å². The molecule has 0 aliphatic heterocycles. The Morgan fingerprint density at radius 2 is 2.19 bits per heavy atom. The Kier molecular flexibility index (Phi) is 3.36. The van der Waals surface area contributed by atoms with Crippen LogP contribution in [0.2, 0.25) is 0 Å². The molecule has 1 N–H and O–H groups in total. The molecule has 16 heavy (non-hydrogen) atoms. The average Bonchev–Trinajstić information content (AvgIpc) is 2.71. The van der Waals surface area contributed by atoms with Crippen molar-refractivity contribution in [2.45, 2.75) is 20.1 Å². The maximum Gasteiger partial charge on any atom is 0.164 e. The number of aromatic nitrogens is 3. The summed E-state index contributed by atoms with van der Waals surface area (Å²) in [5.74, 6) is 1.38. The molecule has 0 amide bonds. The zero-order valence-electron chi connectivity index (χ0n) is 8.89. The van der Waals surface area contributed by atoms with E-state index in [4.69, 9.17) is 5.11 Å². The maximum absolute atomic E-state index is 9.13. The Balaban J connectivity index is 2.51. The van der Waals surface area contributed by atoms with Crippen molar-refractivity contribution in [1.82, 2.24) is 14.8 Å². The lowest BCUT2D eigenvalue weighted by Crippen LogP contribution is -2.03. The fraction of sp³-hybridized carbons (Fsp3) is 0.273. The van der Waals surface area contributed by atoms with E-state index >= 15 is 0 Å². The summed E-state index contributed by atoms with van der Waals surface area (Å²) in [6.07, 6.45) is 0. The van der Waals surface area contributed by atoms with E-state index in [1.807, 2.05) is 35.8 Å². The van der Waals surface area contributed by atoms with Gasteiger partial charge in [-0.25, -0.2) is 0 Å². The van der Waals surface area contributed by atoms with E-state index in [2.05, 4.69) is 26.1 Å². The molecule has 0 spiro atoms. The third-order valence-electron chi connectivity index (χ3n) is 2.37. The minimum absolute atomic E-state index is 0.0884. The predicted molar refractivity (Wildman–Crippen MR) is 64.8 cm³/mol. The summed E-state index contributed by atoms with van der Waals surface area (Å²) < 4.78 is 2.91. The lowest BCUT2D eigenvalue weighted by Gasteiger charge is -2.06. The minimum atomic E-state index is -0.0884. The van der Waals surface area contributed by atoms with Crippen molar-refractivity contribution in [2.24, 2.45) is 0 Å². The first-order chi connectivity index (χ1) is 7.76.